The van der Waals surface area contributed by atoms with E-state index in [1.54, 1.807) is 12.1 Å². The van der Waals surface area contributed by atoms with Crippen molar-refractivity contribution in [2.24, 2.45) is 5.92 Å². The van der Waals surface area contributed by atoms with Gasteiger partial charge in [-0.2, -0.15) is 0 Å². The third-order valence-electron chi connectivity index (χ3n) is 5.34. The molecule has 0 radical (unpaired) electrons. The highest BCUT2D eigenvalue weighted by Gasteiger charge is 2.20. The van der Waals surface area contributed by atoms with E-state index < -0.39 is 11.9 Å². The summed E-state index contributed by atoms with van der Waals surface area (Å²) in [5.74, 6) is -0.860. The summed E-state index contributed by atoms with van der Waals surface area (Å²) in [6.07, 6.45) is 13.4. The first-order valence-electron chi connectivity index (χ1n) is 11.5. The van der Waals surface area contributed by atoms with Crippen molar-refractivity contribution < 1.29 is 19.4 Å². The van der Waals surface area contributed by atoms with E-state index in [-0.39, 0.29) is 17.2 Å². The molecule has 0 aliphatic rings. The van der Waals surface area contributed by atoms with Gasteiger partial charge >= 0.3 is 11.9 Å². The quantitative estimate of drug-likeness (QED) is 0.232. The summed E-state index contributed by atoms with van der Waals surface area (Å²) < 4.78 is 5.78. The number of ether oxygens (including phenoxy) is 1. The Morgan fingerprint density at radius 2 is 1.34 bits per heavy atom. The molecular weight excluding hydrogens is 364 g/mol. The minimum atomic E-state index is -1.10. The molecule has 0 spiro atoms. The Morgan fingerprint density at radius 1 is 0.828 bits per heavy atom. The number of unbranched alkanes of at least 4 members (excludes halogenated alkanes) is 7. The van der Waals surface area contributed by atoms with Gasteiger partial charge in [0, 0.05) is 0 Å². The van der Waals surface area contributed by atoms with Crippen molar-refractivity contribution in [2.45, 2.75) is 104 Å². The molecule has 4 heteroatoms. The molecular formula is C25H40O4. The van der Waals surface area contributed by atoms with Crippen molar-refractivity contribution in [3.05, 3.63) is 35.4 Å². The maximum absolute atomic E-state index is 12.6. The lowest BCUT2D eigenvalue weighted by Gasteiger charge is -2.19. The van der Waals surface area contributed by atoms with Crippen LogP contribution in [0.25, 0.3) is 0 Å². The van der Waals surface area contributed by atoms with E-state index in [2.05, 4.69) is 20.8 Å². The molecule has 1 aromatic carbocycles. The maximum atomic E-state index is 12.6. The van der Waals surface area contributed by atoms with Crippen LogP contribution in [-0.2, 0) is 4.74 Å². The smallest absolute Gasteiger partial charge is 0.339 e. The van der Waals surface area contributed by atoms with Gasteiger partial charge in [-0.05, 0) is 43.7 Å². The third kappa shape index (κ3) is 11.1. The Labute approximate surface area is 177 Å². The molecule has 0 saturated heterocycles. The predicted octanol–water partition coefficient (Wildman–Crippen LogP) is 7.27. The van der Waals surface area contributed by atoms with Crippen molar-refractivity contribution >= 4 is 11.9 Å². The van der Waals surface area contributed by atoms with Crippen molar-refractivity contribution in [1.29, 1.82) is 0 Å². The van der Waals surface area contributed by atoms with E-state index in [0.29, 0.717) is 0 Å². The highest BCUT2D eigenvalue weighted by molar-refractivity contribution is 6.02. The van der Waals surface area contributed by atoms with Crippen LogP contribution in [0.4, 0.5) is 0 Å². The molecule has 1 aromatic rings. The van der Waals surface area contributed by atoms with Gasteiger partial charge in [0.1, 0.15) is 6.10 Å². The van der Waals surface area contributed by atoms with Gasteiger partial charge in [-0.3, -0.25) is 0 Å². The van der Waals surface area contributed by atoms with Crippen LogP contribution in [0.5, 0.6) is 0 Å². The van der Waals surface area contributed by atoms with E-state index in [9.17, 15) is 14.7 Å². The summed E-state index contributed by atoms with van der Waals surface area (Å²) in [6.45, 7) is 6.70. The van der Waals surface area contributed by atoms with Crippen LogP contribution >= 0.6 is 0 Å². The topological polar surface area (TPSA) is 63.6 Å². The van der Waals surface area contributed by atoms with Gasteiger partial charge in [-0.15, -0.1) is 0 Å². The average Bonchev–Trinajstić information content (AvgIpc) is 2.69. The van der Waals surface area contributed by atoms with Crippen LogP contribution in [0.1, 0.15) is 119 Å². The Hall–Kier alpha value is -1.84. The van der Waals surface area contributed by atoms with Crippen LogP contribution in [0.3, 0.4) is 0 Å². The van der Waals surface area contributed by atoms with Gasteiger partial charge in [0.25, 0.3) is 0 Å². The molecule has 0 amide bonds. The van der Waals surface area contributed by atoms with E-state index in [4.69, 9.17) is 4.74 Å². The molecule has 0 aromatic heterocycles. The fraction of sp³-hybridized carbons (Fsp3) is 0.680. The lowest BCUT2D eigenvalue weighted by molar-refractivity contribution is 0.0244. The molecule has 0 aliphatic carbocycles. The van der Waals surface area contributed by atoms with Gasteiger partial charge in [0.2, 0.25) is 0 Å². The van der Waals surface area contributed by atoms with E-state index in [0.717, 1.165) is 44.4 Å². The number of carboxylic acids is 1. The second-order valence-electron chi connectivity index (χ2n) is 8.47. The van der Waals surface area contributed by atoms with Crippen LogP contribution in [0, 0.1) is 5.92 Å². The number of rotatable bonds is 16. The summed E-state index contributed by atoms with van der Waals surface area (Å²) >= 11 is 0. The van der Waals surface area contributed by atoms with E-state index in [1.165, 1.54) is 50.7 Å². The monoisotopic (exact) mass is 404 g/mol. The Kier molecular flexibility index (Phi) is 13.1. The molecule has 0 saturated carbocycles. The largest absolute Gasteiger partial charge is 0.478 e. The minimum absolute atomic E-state index is 0.00730. The van der Waals surface area contributed by atoms with Crippen molar-refractivity contribution in [2.75, 3.05) is 0 Å². The number of aromatic carboxylic acids is 1. The average molecular weight is 405 g/mol. The molecule has 1 atom stereocenters. The van der Waals surface area contributed by atoms with Crippen molar-refractivity contribution in [3.63, 3.8) is 0 Å². The zero-order chi connectivity index (χ0) is 21.5. The summed E-state index contributed by atoms with van der Waals surface area (Å²) in [4.78, 5) is 24.0. The number of hydrogen-bond acceptors (Lipinski definition) is 3. The summed E-state index contributed by atoms with van der Waals surface area (Å²) in [5.41, 5.74) is 0.154. The molecule has 4 nitrogen and oxygen atoms in total. The minimum Gasteiger partial charge on any atom is -0.478 e. The Balaban J connectivity index is 2.58. The standard InChI is InChI=1S/C25H40O4/c1-4-5-6-7-11-16-21(17-12-9-8-10-15-20(2)3)29-25(28)23-19-14-13-18-22(23)24(26)27/h13-14,18-21H,4-12,15-17H2,1-3H3,(H,26,27). The molecule has 164 valence electrons. The zero-order valence-electron chi connectivity index (χ0n) is 18.6. The van der Waals surface area contributed by atoms with Gasteiger partial charge in [0.05, 0.1) is 11.1 Å². The first-order chi connectivity index (χ1) is 14.0. The molecule has 0 fully saturated rings. The van der Waals surface area contributed by atoms with E-state index >= 15 is 0 Å². The second-order valence-corrected chi connectivity index (χ2v) is 8.47. The molecule has 0 aliphatic heterocycles. The zero-order valence-corrected chi connectivity index (χ0v) is 18.6. The van der Waals surface area contributed by atoms with Crippen LogP contribution in [0.15, 0.2) is 24.3 Å². The van der Waals surface area contributed by atoms with Gasteiger partial charge < -0.3 is 9.84 Å². The van der Waals surface area contributed by atoms with Crippen molar-refractivity contribution in [1.82, 2.24) is 0 Å². The highest BCUT2D eigenvalue weighted by Crippen LogP contribution is 2.19. The lowest BCUT2D eigenvalue weighted by atomic mass is 10.0. The molecule has 0 heterocycles. The van der Waals surface area contributed by atoms with Gasteiger partial charge in [0.15, 0.2) is 0 Å². The first-order valence-corrected chi connectivity index (χ1v) is 11.5. The normalized spacial score (nSPS) is 12.1. The van der Waals surface area contributed by atoms with Crippen LogP contribution < -0.4 is 0 Å². The fourth-order valence-electron chi connectivity index (χ4n) is 3.58. The fourth-order valence-corrected chi connectivity index (χ4v) is 3.58. The first kappa shape index (κ1) is 25.2. The second kappa shape index (κ2) is 15.1. The molecule has 1 N–H and O–H groups in total. The summed E-state index contributed by atoms with van der Waals surface area (Å²) in [7, 11) is 0. The third-order valence-corrected chi connectivity index (χ3v) is 5.34. The lowest BCUT2D eigenvalue weighted by Crippen LogP contribution is -2.20. The Bertz CT molecular complexity index is 594. The number of esters is 1. The molecule has 29 heavy (non-hydrogen) atoms. The number of carbonyl (C=O) groups is 2. The van der Waals surface area contributed by atoms with Crippen molar-refractivity contribution in [3.8, 4) is 0 Å². The van der Waals surface area contributed by atoms with Gasteiger partial charge in [-0.25, -0.2) is 9.59 Å². The van der Waals surface area contributed by atoms with Gasteiger partial charge in [-0.1, -0.05) is 84.3 Å². The number of carboxylic acid groups (broad SMARTS) is 1. The molecule has 1 unspecified atom stereocenters. The van der Waals surface area contributed by atoms with Crippen LogP contribution in [-0.4, -0.2) is 23.1 Å². The number of benzene rings is 1. The summed E-state index contributed by atoms with van der Waals surface area (Å²) in [5, 5.41) is 9.33. The summed E-state index contributed by atoms with van der Waals surface area (Å²) in [6, 6.07) is 6.30. The number of hydrogen-bond donors (Lipinski definition) is 1. The van der Waals surface area contributed by atoms with E-state index in [1.807, 2.05) is 0 Å². The van der Waals surface area contributed by atoms with Crippen LogP contribution in [0.2, 0.25) is 0 Å². The number of carbonyl (C=O) groups excluding carboxylic acids is 1. The highest BCUT2D eigenvalue weighted by atomic mass is 16.5. The SMILES string of the molecule is CCCCCCCC(CCCCCCC(C)C)OC(=O)c1ccccc1C(=O)O. The maximum Gasteiger partial charge on any atom is 0.339 e. The molecule has 0 bridgehead atoms. The Morgan fingerprint density at radius 3 is 1.86 bits per heavy atom. The predicted molar refractivity (Wildman–Crippen MR) is 119 cm³/mol. The molecule has 1 rings (SSSR count).